The molecule has 0 N–H and O–H groups in total. The maximum atomic E-state index is 12.3. The highest BCUT2D eigenvalue weighted by Gasteiger charge is 2.22. The van der Waals surface area contributed by atoms with Crippen molar-refractivity contribution in [3.8, 4) is 0 Å². The van der Waals surface area contributed by atoms with E-state index < -0.39 is 0 Å². The van der Waals surface area contributed by atoms with Crippen molar-refractivity contribution in [2.75, 3.05) is 13.1 Å². The van der Waals surface area contributed by atoms with Crippen LogP contribution in [0.25, 0.3) is 17.1 Å². The van der Waals surface area contributed by atoms with Gasteiger partial charge in [0.25, 0.3) is 0 Å². The molecule has 0 unspecified atom stereocenters. The van der Waals surface area contributed by atoms with Gasteiger partial charge in [-0.1, -0.05) is 0 Å². The molecule has 0 saturated carbocycles. The minimum Gasteiger partial charge on any atom is -0.465 e. The summed E-state index contributed by atoms with van der Waals surface area (Å²) in [7, 11) is 0. The first-order valence-electron chi connectivity index (χ1n) is 9.53. The normalized spacial score (nSPS) is 15.9. The minimum absolute atomic E-state index is 0.0593. The van der Waals surface area contributed by atoms with Crippen LogP contribution in [0.15, 0.2) is 47.3 Å². The van der Waals surface area contributed by atoms with E-state index in [0.29, 0.717) is 11.7 Å². The average molecular weight is 363 g/mol. The van der Waals surface area contributed by atoms with Gasteiger partial charge in [-0.05, 0) is 74.1 Å². The van der Waals surface area contributed by atoms with Crippen LogP contribution in [-0.4, -0.2) is 33.4 Å². The van der Waals surface area contributed by atoms with Gasteiger partial charge >= 0.3 is 0 Å². The lowest BCUT2D eigenvalue weighted by Crippen LogP contribution is -2.38. The van der Waals surface area contributed by atoms with Crippen molar-refractivity contribution in [2.24, 2.45) is 5.92 Å². The second kappa shape index (κ2) is 7.43. The number of piperidine rings is 1. The molecule has 1 aliphatic heterocycles. The average Bonchev–Trinajstić information content (AvgIpc) is 3.32. The summed E-state index contributed by atoms with van der Waals surface area (Å²) in [5.74, 6) is 1.34. The smallest absolute Gasteiger partial charge is 0.246 e. The molecule has 0 aliphatic carbocycles. The zero-order valence-corrected chi connectivity index (χ0v) is 15.9. The summed E-state index contributed by atoms with van der Waals surface area (Å²) in [5, 5.41) is 0. The highest BCUT2D eigenvalue weighted by Crippen LogP contribution is 2.23. The van der Waals surface area contributed by atoms with Crippen molar-refractivity contribution in [1.29, 1.82) is 0 Å². The number of hydrogen-bond donors (Lipinski definition) is 0. The number of benzene rings is 1. The predicted molar refractivity (Wildman–Crippen MR) is 106 cm³/mol. The molecule has 27 heavy (non-hydrogen) atoms. The molecule has 1 aliphatic rings. The number of likely N-dealkylation sites (tertiary alicyclic amines) is 1. The number of hydrogen-bond acceptors (Lipinski definition) is 3. The first-order chi connectivity index (χ1) is 13.1. The van der Waals surface area contributed by atoms with Gasteiger partial charge in [0.05, 0.1) is 23.6 Å². The predicted octanol–water partition coefficient (Wildman–Crippen LogP) is 4.20. The molecular formula is C22H25N3O2. The Morgan fingerprint density at radius 3 is 2.78 bits per heavy atom. The van der Waals surface area contributed by atoms with E-state index in [2.05, 4.69) is 35.5 Å². The number of imidazole rings is 1. The first-order valence-corrected chi connectivity index (χ1v) is 9.53. The van der Waals surface area contributed by atoms with Crippen LogP contribution < -0.4 is 0 Å². The molecule has 3 aromatic rings. The van der Waals surface area contributed by atoms with Gasteiger partial charge in [-0.25, -0.2) is 4.98 Å². The monoisotopic (exact) mass is 363 g/mol. The Labute approximate surface area is 159 Å². The summed E-state index contributed by atoms with van der Waals surface area (Å²) >= 11 is 0. The summed E-state index contributed by atoms with van der Waals surface area (Å²) in [5.41, 5.74) is 4.85. The zero-order valence-electron chi connectivity index (χ0n) is 15.9. The van der Waals surface area contributed by atoms with Gasteiger partial charge in [-0.2, -0.15) is 0 Å². The SMILES string of the molecule is Cc1cc2ncn(CC3CCN(C(=O)C=Cc4ccco4)CC3)c2cc1C. The maximum absolute atomic E-state index is 12.3. The van der Waals surface area contributed by atoms with E-state index >= 15 is 0 Å². The third kappa shape index (κ3) is 3.82. The Kier molecular flexibility index (Phi) is 4.84. The Hall–Kier alpha value is -2.82. The van der Waals surface area contributed by atoms with Crippen LogP contribution in [0.5, 0.6) is 0 Å². The van der Waals surface area contributed by atoms with E-state index in [1.54, 1.807) is 18.4 Å². The standard InChI is InChI=1S/C22H25N3O2/c1-16-12-20-21(13-17(16)2)25(15-23-20)14-18-7-9-24(10-8-18)22(26)6-5-19-4-3-11-27-19/h3-6,11-13,15,18H,7-10,14H2,1-2H3. The van der Waals surface area contributed by atoms with Gasteiger partial charge < -0.3 is 13.9 Å². The second-order valence-electron chi connectivity index (χ2n) is 7.44. The van der Waals surface area contributed by atoms with Gasteiger partial charge in [0.15, 0.2) is 0 Å². The molecule has 1 aromatic carbocycles. The summed E-state index contributed by atoms with van der Waals surface area (Å²) < 4.78 is 7.50. The molecular weight excluding hydrogens is 338 g/mol. The topological polar surface area (TPSA) is 51.3 Å². The van der Waals surface area contributed by atoms with E-state index in [9.17, 15) is 4.79 Å². The van der Waals surface area contributed by atoms with Gasteiger partial charge in [-0.3, -0.25) is 4.79 Å². The Morgan fingerprint density at radius 2 is 2.04 bits per heavy atom. The number of rotatable bonds is 4. The van der Waals surface area contributed by atoms with Gasteiger partial charge in [-0.15, -0.1) is 0 Å². The van der Waals surface area contributed by atoms with E-state index in [1.165, 1.54) is 16.6 Å². The summed E-state index contributed by atoms with van der Waals surface area (Å²) in [6, 6.07) is 8.05. The first kappa shape index (κ1) is 17.6. The molecule has 140 valence electrons. The number of aromatic nitrogens is 2. The van der Waals surface area contributed by atoms with Crippen molar-refractivity contribution >= 4 is 23.0 Å². The van der Waals surface area contributed by atoms with Gasteiger partial charge in [0.1, 0.15) is 5.76 Å². The van der Waals surface area contributed by atoms with Gasteiger partial charge in [0, 0.05) is 25.7 Å². The molecule has 1 amide bonds. The van der Waals surface area contributed by atoms with Crippen molar-refractivity contribution in [1.82, 2.24) is 14.5 Å². The molecule has 5 nitrogen and oxygen atoms in total. The van der Waals surface area contributed by atoms with Crippen LogP contribution in [0.3, 0.4) is 0 Å². The van der Waals surface area contributed by atoms with Crippen LogP contribution in [0.4, 0.5) is 0 Å². The molecule has 0 spiro atoms. The number of carbonyl (C=O) groups excluding carboxylic acids is 1. The molecule has 1 fully saturated rings. The lowest BCUT2D eigenvalue weighted by atomic mass is 9.96. The Bertz CT molecular complexity index is 961. The van der Waals surface area contributed by atoms with Crippen molar-refractivity contribution in [3.05, 3.63) is 59.8 Å². The van der Waals surface area contributed by atoms with Crippen LogP contribution in [0, 0.1) is 19.8 Å². The van der Waals surface area contributed by atoms with Crippen molar-refractivity contribution in [2.45, 2.75) is 33.2 Å². The van der Waals surface area contributed by atoms with Gasteiger partial charge in [0.2, 0.25) is 5.91 Å². The second-order valence-corrected chi connectivity index (χ2v) is 7.44. The zero-order chi connectivity index (χ0) is 18.8. The molecule has 0 bridgehead atoms. The number of furan rings is 1. The van der Waals surface area contributed by atoms with E-state index in [0.717, 1.165) is 38.0 Å². The van der Waals surface area contributed by atoms with Crippen LogP contribution in [0.2, 0.25) is 0 Å². The molecule has 0 radical (unpaired) electrons. The Morgan fingerprint density at radius 1 is 1.26 bits per heavy atom. The lowest BCUT2D eigenvalue weighted by molar-refractivity contribution is -0.127. The molecule has 4 rings (SSSR count). The summed E-state index contributed by atoms with van der Waals surface area (Å²) in [6.07, 6.45) is 8.94. The molecule has 0 atom stereocenters. The number of fused-ring (bicyclic) bond motifs is 1. The van der Waals surface area contributed by atoms with E-state index in [-0.39, 0.29) is 5.91 Å². The molecule has 1 saturated heterocycles. The van der Waals surface area contributed by atoms with Crippen LogP contribution in [-0.2, 0) is 11.3 Å². The van der Waals surface area contributed by atoms with Crippen molar-refractivity contribution < 1.29 is 9.21 Å². The fraction of sp³-hybridized carbons (Fsp3) is 0.364. The van der Waals surface area contributed by atoms with Crippen molar-refractivity contribution in [3.63, 3.8) is 0 Å². The molecule has 2 aromatic heterocycles. The lowest BCUT2D eigenvalue weighted by Gasteiger charge is -2.31. The Balaban J connectivity index is 1.36. The fourth-order valence-electron chi connectivity index (χ4n) is 3.72. The highest BCUT2D eigenvalue weighted by atomic mass is 16.3. The van der Waals surface area contributed by atoms with Crippen LogP contribution in [0.1, 0.15) is 29.7 Å². The molecule has 3 heterocycles. The third-order valence-corrected chi connectivity index (χ3v) is 5.55. The number of nitrogens with zero attached hydrogens (tertiary/aromatic N) is 3. The minimum atomic E-state index is 0.0593. The quantitative estimate of drug-likeness (QED) is 0.653. The number of amides is 1. The summed E-state index contributed by atoms with van der Waals surface area (Å²) in [4.78, 5) is 18.8. The summed E-state index contributed by atoms with van der Waals surface area (Å²) in [6.45, 7) is 6.84. The number of carbonyl (C=O) groups is 1. The molecule has 5 heteroatoms. The maximum Gasteiger partial charge on any atom is 0.246 e. The van der Waals surface area contributed by atoms with E-state index in [4.69, 9.17) is 4.42 Å². The largest absolute Gasteiger partial charge is 0.465 e. The van der Waals surface area contributed by atoms with E-state index in [1.807, 2.05) is 23.4 Å². The fourth-order valence-corrected chi connectivity index (χ4v) is 3.72. The third-order valence-electron chi connectivity index (χ3n) is 5.55. The van der Waals surface area contributed by atoms with Crippen LogP contribution >= 0.6 is 0 Å². The number of aryl methyl sites for hydroxylation is 2. The highest BCUT2D eigenvalue weighted by molar-refractivity contribution is 5.91.